The van der Waals surface area contributed by atoms with Gasteiger partial charge in [0.25, 0.3) is 0 Å². The van der Waals surface area contributed by atoms with Gasteiger partial charge in [-0.2, -0.15) is 0 Å². The highest BCUT2D eigenvalue weighted by Crippen LogP contribution is 2.21. The summed E-state index contributed by atoms with van der Waals surface area (Å²) in [6.45, 7) is 1.75. The Morgan fingerprint density at radius 1 is 1.44 bits per heavy atom. The molecule has 0 aliphatic rings. The molecule has 0 aliphatic heterocycles. The van der Waals surface area contributed by atoms with E-state index in [0.29, 0.717) is 6.42 Å². The quantitative estimate of drug-likeness (QED) is 0.903. The fourth-order valence-corrected chi connectivity index (χ4v) is 2.92. The van der Waals surface area contributed by atoms with Crippen molar-refractivity contribution in [1.29, 1.82) is 0 Å². The van der Waals surface area contributed by atoms with Crippen LogP contribution in [0.25, 0.3) is 0 Å². The first kappa shape index (κ1) is 13.0. The van der Waals surface area contributed by atoms with Crippen LogP contribution in [0, 0.1) is 0 Å². The van der Waals surface area contributed by atoms with Crippen LogP contribution < -0.4 is 0 Å². The van der Waals surface area contributed by atoms with Crippen LogP contribution in [0.15, 0.2) is 23.1 Å². The lowest BCUT2D eigenvalue weighted by Crippen LogP contribution is -2.07. The van der Waals surface area contributed by atoms with E-state index < -0.39 is 15.8 Å². The molecular formula is C10H11ClO4S. The number of carbonyl (C=O) groups is 1. The van der Waals surface area contributed by atoms with Crippen LogP contribution in [0.5, 0.6) is 0 Å². The first-order chi connectivity index (χ1) is 7.38. The summed E-state index contributed by atoms with van der Waals surface area (Å²) in [5, 5.41) is 8.66. The van der Waals surface area contributed by atoms with Gasteiger partial charge in [-0.05, 0) is 24.6 Å². The second-order valence-corrected chi connectivity index (χ2v) is 5.78. The van der Waals surface area contributed by atoms with Crippen molar-refractivity contribution in [3.05, 3.63) is 28.8 Å². The molecule has 0 unspecified atom stereocenters. The Morgan fingerprint density at radius 3 is 2.50 bits per heavy atom. The fraction of sp³-hybridized carbons (Fsp3) is 0.300. The molecule has 1 aromatic rings. The summed E-state index contributed by atoms with van der Waals surface area (Å²) in [5.41, 5.74) is -0.0999. The summed E-state index contributed by atoms with van der Waals surface area (Å²) >= 11 is 5.69. The van der Waals surface area contributed by atoms with Crippen LogP contribution in [0.3, 0.4) is 0 Å². The molecule has 0 radical (unpaired) electrons. The SMILES string of the molecule is CCCS(=O)(=O)c1ccc(C(=O)O)c(Cl)c1. The van der Waals surface area contributed by atoms with E-state index in [-0.39, 0.29) is 21.2 Å². The lowest BCUT2D eigenvalue weighted by Gasteiger charge is -2.04. The van der Waals surface area contributed by atoms with Gasteiger partial charge in [-0.1, -0.05) is 18.5 Å². The number of carboxylic acid groups (broad SMARTS) is 1. The molecule has 1 aromatic carbocycles. The highest BCUT2D eigenvalue weighted by Gasteiger charge is 2.16. The van der Waals surface area contributed by atoms with Crippen LogP contribution in [0.1, 0.15) is 23.7 Å². The van der Waals surface area contributed by atoms with E-state index in [2.05, 4.69) is 0 Å². The normalized spacial score (nSPS) is 11.4. The molecule has 0 amide bonds. The summed E-state index contributed by atoms with van der Waals surface area (Å²) in [6.07, 6.45) is 0.501. The number of hydrogen-bond donors (Lipinski definition) is 1. The Bertz CT molecular complexity index is 508. The van der Waals surface area contributed by atoms with Crippen molar-refractivity contribution in [2.75, 3.05) is 5.75 Å². The number of hydrogen-bond acceptors (Lipinski definition) is 3. The number of aromatic carboxylic acids is 1. The Balaban J connectivity index is 3.21. The number of rotatable bonds is 4. The zero-order chi connectivity index (χ0) is 12.3. The van der Waals surface area contributed by atoms with Crippen molar-refractivity contribution in [2.24, 2.45) is 0 Å². The van der Waals surface area contributed by atoms with E-state index in [9.17, 15) is 13.2 Å². The molecule has 0 heterocycles. The van der Waals surface area contributed by atoms with Crippen LogP contribution >= 0.6 is 11.6 Å². The Kier molecular flexibility index (Phi) is 3.93. The van der Waals surface area contributed by atoms with Gasteiger partial charge >= 0.3 is 5.97 Å². The van der Waals surface area contributed by atoms with E-state index in [0.717, 1.165) is 0 Å². The third kappa shape index (κ3) is 2.74. The molecule has 16 heavy (non-hydrogen) atoms. The van der Waals surface area contributed by atoms with Gasteiger partial charge in [0.15, 0.2) is 9.84 Å². The minimum Gasteiger partial charge on any atom is -0.478 e. The molecule has 0 saturated carbocycles. The molecule has 0 atom stereocenters. The molecule has 1 N–H and O–H groups in total. The number of sulfone groups is 1. The number of carboxylic acids is 1. The van der Waals surface area contributed by atoms with Gasteiger partial charge in [-0.15, -0.1) is 0 Å². The molecule has 0 aromatic heterocycles. The highest BCUT2D eigenvalue weighted by atomic mass is 35.5. The predicted molar refractivity (Wildman–Crippen MR) is 60.8 cm³/mol. The van der Waals surface area contributed by atoms with Crippen LogP contribution in [-0.4, -0.2) is 25.2 Å². The Morgan fingerprint density at radius 2 is 2.06 bits per heavy atom. The lowest BCUT2D eigenvalue weighted by atomic mass is 10.2. The van der Waals surface area contributed by atoms with Gasteiger partial charge in [0, 0.05) is 0 Å². The maximum absolute atomic E-state index is 11.7. The van der Waals surface area contributed by atoms with Crippen molar-refractivity contribution >= 4 is 27.4 Å². The second kappa shape index (κ2) is 4.84. The average molecular weight is 263 g/mol. The highest BCUT2D eigenvalue weighted by molar-refractivity contribution is 7.91. The topological polar surface area (TPSA) is 71.4 Å². The smallest absolute Gasteiger partial charge is 0.337 e. The Labute approximate surface area is 98.8 Å². The minimum absolute atomic E-state index is 0.0236. The number of halogens is 1. The van der Waals surface area contributed by atoms with Crippen LogP contribution in [0.4, 0.5) is 0 Å². The van der Waals surface area contributed by atoms with Crippen molar-refractivity contribution in [3.63, 3.8) is 0 Å². The van der Waals surface area contributed by atoms with Gasteiger partial charge < -0.3 is 5.11 Å². The first-order valence-electron chi connectivity index (χ1n) is 4.64. The molecule has 0 saturated heterocycles. The third-order valence-electron chi connectivity index (χ3n) is 2.00. The van der Waals surface area contributed by atoms with Crippen LogP contribution in [-0.2, 0) is 9.84 Å². The van der Waals surface area contributed by atoms with Crippen molar-refractivity contribution in [3.8, 4) is 0 Å². The largest absolute Gasteiger partial charge is 0.478 e. The molecular weight excluding hydrogens is 252 g/mol. The fourth-order valence-electron chi connectivity index (χ4n) is 1.25. The minimum atomic E-state index is -3.35. The monoisotopic (exact) mass is 262 g/mol. The molecule has 0 bridgehead atoms. The van der Waals surface area contributed by atoms with Crippen molar-refractivity contribution < 1.29 is 18.3 Å². The predicted octanol–water partition coefficient (Wildman–Crippen LogP) is 2.22. The van der Waals surface area contributed by atoms with Gasteiger partial charge in [-0.25, -0.2) is 13.2 Å². The molecule has 1 rings (SSSR count). The third-order valence-corrected chi connectivity index (χ3v) is 4.23. The molecule has 4 nitrogen and oxygen atoms in total. The van der Waals surface area contributed by atoms with Gasteiger partial charge in [0.1, 0.15) is 0 Å². The second-order valence-electron chi connectivity index (χ2n) is 3.27. The summed E-state index contributed by atoms with van der Waals surface area (Å²) in [7, 11) is -3.35. The summed E-state index contributed by atoms with van der Waals surface area (Å²) in [4.78, 5) is 10.7. The van der Waals surface area contributed by atoms with E-state index in [1.807, 2.05) is 0 Å². The van der Waals surface area contributed by atoms with Gasteiger partial charge in [0.05, 0.1) is 21.2 Å². The van der Waals surface area contributed by atoms with Crippen LogP contribution in [0.2, 0.25) is 5.02 Å². The molecule has 6 heteroatoms. The first-order valence-corrected chi connectivity index (χ1v) is 6.67. The number of benzene rings is 1. The average Bonchev–Trinajstić information content (AvgIpc) is 2.16. The standard InChI is InChI=1S/C10H11ClO4S/c1-2-5-16(14,15)7-3-4-8(10(12)13)9(11)6-7/h3-4,6H,2,5H2,1H3,(H,12,13). The van der Waals surface area contributed by atoms with Gasteiger partial charge in [-0.3, -0.25) is 0 Å². The van der Waals surface area contributed by atoms with E-state index in [1.54, 1.807) is 6.92 Å². The molecule has 0 spiro atoms. The molecule has 0 fully saturated rings. The maximum Gasteiger partial charge on any atom is 0.337 e. The summed E-state index contributed by atoms with van der Waals surface area (Å²) in [6, 6.07) is 3.64. The van der Waals surface area contributed by atoms with Crippen molar-refractivity contribution in [1.82, 2.24) is 0 Å². The molecule has 0 aliphatic carbocycles. The lowest BCUT2D eigenvalue weighted by molar-refractivity contribution is 0.0697. The van der Waals surface area contributed by atoms with Crippen molar-refractivity contribution in [2.45, 2.75) is 18.2 Å². The summed E-state index contributed by atoms with van der Waals surface area (Å²) in [5.74, 6) is -1.15. The maximum atomic E-state index is 11.7. The Hall–Kier alpha value is -1.07. The van der Waals surface area contributed by atoms with Gasteiger partial charge in [0.2, 0.25) is 0 Å². The summed E-state index contributed by atoms with van der Waals surface area (Å²) < 4.78 is 23.3. The van der Waals surface area contributed by atoms with E-state index in [1.165, 1.54) is 18.2 Å². The van der Waals surface area contributed by atoms with E-state index in [4.69, 9.17) is 16.7 Å². The zero-order valence-corrected chi connectivity index (χ0v) is 10.2. The molecule has 88 valence electrons. The van der Waals surface area contributed by atoms with E-state index >= 15 is 0 Å². The zero-order valence-electron chi connectivity index (χ0n) is 8.60.